The molecule has 1 aliphatic heterocycles. The number of hydrogen-bond donors (Lipinski definition) is 1. The predicted molar refractivity (Wildman–Crippen MR) is 86.1 cm³/mol. The molecule has 0 amide bonds. The van der Waals surface area contributed by atoms with Crippen LogP contribution in [0.25, 0.3) is 11.1 Å². The number of oxazole rings is 1. The molecule has 24 heavy (non-hydrogen) atoms. The first-order valence-corrected chi connectivity index (χ1v) is 9.05. The molecule has 0 bridgehead atoms. The number of benzene rings is 1. The highest BCUT2D eigenvalue weighted by atomic mass is 32.2. The van der Waals surface area contributed by atoms with E-state index in [1.165, 1.54) is 22.8 Å². The Balaban J connectivity index is 1.63. The topological polar surface area (TPSA) is 99.1 Å². The number of aryl methyl sites for hydroxylation is 2. The van der Waals surface area contributed by atoms with Crippen LogP contribution in [0.2, 0.25) is 0 Å². The van der Waals surface area contributed by atoms with Crippen LogP contribution in [0.3, 0.4) is 0 Å². The molecule has 0 aliphatic carbocycles. The molecule has 126 valence electrons. The van der Waals surface area contributed by atoms with E-state index >= 15 is 0 Å². The number of fused-ring (bicyclic) bond motifs is 2. The van der Waals surface area contributed by atoms with Gasteiger partial charge in [-0.1, -0.05) is 0 Å². The van der Waals surface area contributed by atoms with Crippen molar-refractivity contribution in [3.8, 4) is 0 Å². The Labute approximate surface area is 137 Å². The summed E-state index contributed by atoms with van der Waals surface area (Å²) < 4.78 is 36.3. The summed E-state index contributed by atoms with van der Waals surface area (Å²) in [6.07, 6.45) is 3.01. The molecule has 1 aromatic carbocycles. The minimum atomic E-state index is -3.68. The molecule has 0 spiro atoms. The van der Waals surface area contributed by atoms with Gasteiger partial charge in [-0.25, -0.2) is 17.9 Å². The fourth-order valence-corrected chi connectivity index (χ4v) is 4.32. The van der Waals surface area contributed by atoms with E-state index < -0.39 is 15.8 Å². The Morgan fingerprint density at radius 1 is 1.33 bits per heavy atom. The first kappa shape index (κ1) is 15.2. The molecular formula is C15H16N4O4S. The van der Waals surface area contributed by atoms with Crippen LogP contribution < -0.4 is 10.5 Å². The highest BCUT2D eigenvalue weighted by Crippen LogP contribution is 2.20. The maximum Gasteiger partial charge on any atom is 0.419 e. The van der Waals surface area contributed by atoms with Crippen LogP contribution in [0.4, 0.5) is 0 Å². The van der Waals surface area contributed by atoms with Gasteiger partial charge in [0.1, 0.15) is 0 Å². The van der Waals surface area contributed by atoms with E-state index in [4.69, 9.17) is 4.42 Å². The van der Waals surface area contributed by atoms with Gasteiger partial charge >= 0.3 is 5.76 Å². The molecular weight excluding hydrogens is 332 g/mol. The highest BCUT2D eigenvalue weighted by Gasteiger charge is 2.25. The van der Waals surface area contributed by atoms with Crippen LogP contribution in [0.1, 0.15) is 12.1 Å². The number of aromatic nitrogens is 3. The van der Waals surface area contributed by atoms with Gasteiger partial charge in [0, 0.05) is 37.9 Å². The Kier molecular flexibility index (Phi) is 3.36. The summed E-state index contributed by atoms with van der Waals surface area (Å²) in [5.41, 5.74) is 1.83. The van der Waals surface area contributed by atoms with Gasteiger partial charge in [-0.15, -0.1) is 0 Å². The molecule has 0 unspecified atom stereocenters. The first-order chi connectivity index (χ1) is 11.4. The number of hydrogen-bond acceptors (Lipinski definition) is 5. The van der Waals surface area contributed by atoms with E-state index in [2.05, 4.69) is 9.82 Å². The van der Waals surface area contributed by atoms with Crippen molar-refractivity contribution in [2.45, 2.75) is 30.3 Å². The minimum Gasteiger partial charge on any atom is -0.408 e. The summed E-state index contributed by atoms with van der Waals surface area (Å²) in [4.78, 5) is 11.6. The monoisotopic (exact) mass is 348 g/mol. The SMILES string of the molecule is Cn1c(=O)oc2ccc(S(=O)(=O)N[C@@H]3CCn4nccc4C3)cc21. The molecule has 0 radical (unpaired) electrons. The largest absolute Gasteiger partial charge is 0.419 e. The minimum absolute atomic E-state index is 0.116. The van der Waals surface area contributed by atoms with Gasteiger partial charge in [-0.05, 0) is 30.7 Å². The average molecular weight is 348 g/mol. The summed E-state index contributed by atoms with van der Waals surface area (Å²) in [6.45, 7) is 0.685. The molecule has 4 rings (SSSR count). The summed E-state index contributed by atoms with van der Waals surface area (Å²) in [5.74, 6) is -0.520. The number of sulfonamides is 1. The first-order valence-electron chi connectivity index (χ1n) is 7.57. The van der Waals surface area contributed by atoms with Crippen molar-refractivity contribution in [3.63, 3.8) is 0 Å². The molecule has 1 aliphatic rings. The fourth-order valence-electron chi connectivity index (χ4n) is 3.03. The number of nitrogens with zero attached hydrogens (tertiary/aromatic N) is 3. The molecule has 0 saturated heterocycles. The molecule has 0 saturated carbocycles. The Hall–Kier alpha value is -2.39. The van der Waals surface area contributed by atoms with Crippen molar-refractivity contribution >= 4 is 21.1 Å². The van der Waals surface area contributed by atoms with Crippen molar-refractivity contribution in [1.82, 2.24) is 19.1 Å². The maximum atomic E-state index is 12.7. The predicted octanol–water partition coefficient (Wildman–Crippen LogP) is 0.621. The fraction of sp³-hybridized carbons (Fsp3) is 0.333. The van der Waals surface area contributed by atoms with Gasteiger partial charge < -0.3 is 4.42 Å². The molecule has 0 fully saturated rings. The van der Waals surface area contributed by atoms with Crippen LogP contribution in [0.15, 0.2) is 44.6 Å². The normalized spacial score (nSPS) is 18.0. The Bertz CT molecular complexity index is 1080. The molecule has 2 aromatic heterocycles. The Morgan fingerprint density at radius 3 is 3.00 bits per heavy atom. The molecule has 3 aromatic rings. The Morgan fingerprint density at radius 2 is 2.17 bits per heavy atom. The van der Waals surface area contributed by atoms with Crippen LogP contribution in [-0.4, -0.2) is 28.8 Å². The summed E-state index contributed by atoms with van der Waals surface area (Å²) in [6, 6.07) is 6.12. The van der Waals surface area contributed by atoms with Gasteiger partial charge in [0.05, 0.1) is 10.4 Å². The lowest BCUT2D eigenvalue weighted by molar-refractivity contribution is 0.414. The third-order valence-corrected chi connectivity index (χ3v) is 5.86. The number of nitrogens with one attached hydrogen (secondary N) is 1. The zero-order valence-electron chi connectivity index (χ0n) is 13.0. The summed E-state index contributed by atoms with van der Waals surface area (Å²) >= 11 is 0. The van der Waals surface area contributed by atoms with Crippen molar-refractivity contribution in [3.05, 3.63) is 46.7 Å². The van der Waals surface area contributed by atoms with Gasteiger partial charge in [-0.3, -0.25) is 9.25 Å². The summed E-state index contributed by atoms with van der Waals surface area (Å²) in [7, 11) is -2.14. The second kappa shape index (κ2) is 5.32. The molecule has 1 atom stereocenters. The van der Waals surface area contributed by atoms with Crippen LogP contribution in [0.5, 0.6) is 0 Å². The molecule has 3 heterocycles. The van der Waals surface area contributed by atoms with Crippen molar-refractivity contribution < 1.29 is 12.8 Å². The van der Waals surface area contributed by atoms with Gasteiger partial charge in [0.15, 0.2) is 5.58 Å². The zero-order valence-corrected chi connectivity index (χ0v) is 13.8. The average Bonchev–Trinajstić information content (AvgIpc) is 3.11. The van der Waals surface area contributed by atoms with Crippen molar-refractivity contribution in [1.29, 1.82) is 0 Å². The van der Waals surface area contributed by atoms with Gasteiger partial charge in [0.2, 0.25) is 10.0 Å². The highest BCUT2D eigenvalue weighted by molar-refractivity contribution is 7.89. The van der Waals surface area contributed by atoms with Gasteiger partial charge in [0.25, 0.3) is 0 Å². The van der Waals surface area contributed by atoms with Crippen LogP contribution in [-0.2, 0) is 30.0 Å². The molecule has 1 N–H and O–H groups in total. The lowest BCUT2D eigenvalue weighted by Crippen LogP contribution is -2.40. The lowest BCUT2D eigenvalue weighted by Gasteiger charge is -2.24. The van der Waals surface area contributed by atoms with E-state index in [1.807, 2.05) is 10.7 Å². The smallest absolute Gasteiger partial charge is 0.408 e. The standard InChI is InChI=1S/C15H16N4O4S/c1-18-13-9-12(2-3-14(13)23-15(18)20)24(21,22)17-10-5-7-19-11(8-10)4-6-16-19/h2-4,6,9-10,17H,5,7-8H2,1H3/t10-/m1/s1. The zero-order chi connectivity index (χ0) is 16.9. The molecule has 8 nitrogen and oxygen atoms in total. The molecule has 9 heteroatoms. The second-order valence-electron chi connectivity index (χ2n) is 5.91. The van der Waals surface area contributed by atoms with Crippen molar-refractivity contribution in [2.75, 3.05) is 0 Å². The van der Waals surface area contributed by atoms with Crippen LogP contribution in [0, 0.1) is 0 Å². The van der Waals surface area contributed by atoms with Crippen LogP contribution >= 0.6 is 0 Å². The van der Waals surface area contributed by atoms with E-state index in [1.54, 1.807) is 13.2 Å². The third kappa shape index (κ3) is 2.45. The second-order valence-corrected chi connectivity index (χ2v) is 7.63. The van der Waals surface area contributed by atoms with E-state index in [9.17, 15) is 13.2 Å². The van der Waals surface area contributed by atoms with E-state index in [0.717, 1.165) is 5.69 Å². The van der Waals surface area contributed by atoms with Gasteiger partial charge in [-0.2, -0.15) is 5.10 Å². The van der Waals surface area contributed by atoms with Crippen molar-refractivity contribution in [2.24, 2.45) is 7.05 Å². The summed E-state index contributed by atoms with van der Waals surface area (Å²) in [5, 5.41) is 4.19. The van der Waals surface area contributed by atoms with E-state index in [-0.39, 0.29) is 10.9 Å². The maximum absolute atomic E-state index is 12.7. The quantitative estimate of drug-likeness (QED) is 0.748. The lowest BCUT2D eigenvalue weighted by atomic mass is 10.1. The van der Waals surface area contributed by atoms with E-state index in [0.29, 0.717) is 30.5 Å². The number of rotatable bonds is 3. The third-order valence-electron chi connectivity index (χ3n) is 4.34.